The van der Waals surface area contributed by atoms with E-state index in [1.54, 1.807) is 10.6 Å². The Kier molecular flexibility index (Phi) is 4.26. The second kappa shape index (κ2) is 6.49. The average molecular weight is 377 g/mol. The zero-order valence-corrected chi connectivity index (χ0v) is 14.8. The maximum atomic E-state index is 12.8. The lowest BCUT2D eigenvalue weighted by Gasteiger charge is -2.35. The summed E-state index contributed by atoms with van der Waals surface area (Å²) in [6.07, 6.45) is -4.20. The van der Waals surface area contributed by atoms with Gasteiger partial charge in [-0.3, -0.25) is 0 Å². The zero-order chi connectivity index (χ0) is 19.2. The number of halogens is 3. The summed E-state index contributed by atoms with van der Waals surface area (Å²) >= 11 is 0. The molecular formula is C18H18F3N5O. The largest absolute Gasteiger partial charge is 0.416 e. The van der Waals surface area contributed by atoms with Crippen molar-refractivity contribution in [3.63, 3.8) is 0 Å². The van der Waals surface area contributed by atoms with E-state index in [1.807, 2.05) is 19.9 Å². The number of benzene rings is 1. The molecule has 0 N–H and O–H groups in total. The van der Waals surface area contributed by atoms with Crippen molar-refractivity contribution in [2.75, 3.05) is 18.0 Å². The number of rotatable bonds is 2. The first-order valence-corrected chi connectivity index (χ1v) is 8.62. The molecule has 0 amide bonds. The van der Waals surface area contributed by atoms with E-state index in [9.17, 15) is 13.2 Å². The van der Waals surface area contributed by atoms with Gasteiger partial charge in [0.1, 0.15) is 5.82 Å². The minimum atomic E-state index is -4.37. The average Bonchev–Trinajstić information content (AvgIpc) is 3.03. The molecule has 2 aromatic heterocycles. The van der Waals surface area contributed by atoms with Crippen LogP contribution in [0.15, 0.2) is 36.4 Å². The van der Waals surface area contributed by atoms with Crippen molar-refractivity contribution in [1.82, 2.24) is 19.8 Å². The van der Waals surface area contributed by atoms with Crippen LogP contribution < -0.4 is 4.90 Å². The van der Waals surface area contributed by atoms with Crippen LogP contribution in [0.3, 0.4) is 0 Å². The smallest absolute Gasteiger partial charge is 0.372 e. The first-order chi connectivity index (χ1) is 12.8. The number of hydrogen-bond donors (Lipinski definition) is 0. The Morgan fingerprint density at radius 1 is 0.963 bits per heavy atom. The van der Waals surface area contributed by atoms with Crippen molar-refractivity contribution < 1.29 is 17.9 Å². The number of nitrogens with zero attached hydrogens (tertiary/aromatic N) is 5. The molecule has 1 aliphatic heterocycles. The molecular weight excluding hydrogens is 359 g/mol. The Balaban J connectivity index is 1.70. The second-order valence-corrected chi connectivity index (χ2v) is 6.72. The van der Waals surface area contributed by atoms with Gasteiger partial charge in [-0.25, -0.2) is 0 Å². The minimum absolute atomic E-state index is 0.0848. The quantitative estimate of drug-likeness (QED) is 0.685. The number of hydrogen-bond acceptors (Lipinski definition) is 5. The van der Waals surface area contributed by atoms with Gasteiger partial charge < -0.3 is 9.64 Å². The van der Waals surface area contributed by atoms with Crippen LogP contribution in [0.25, 0.3) is 17.0 Å². The summed E-state index contributed by atoms with van der Waals surface area (Å²) in [5, 5.41) is 12.8. The third-order valence-corrected chi connectivity index (χ3v) is 4.46. The number of morpholine rings is 1. The minimum Gasteiger partial charge on any atom is -0.372 e. The van der Waals surface area contributed by atoms with Crippen LogP contribution in [0.2, 0.25) is 0 Å². The lowest BCUT2D eigenvalue weighted by atomic mass is 10.1. The van der Waals surface area contributed by atoms with Gasteiger partial charge in [-0.1, -0.05) is 12.1 Å². The molecule has 142 valence electrons. The zero-order valence-electron chi connectivity index (χ0n) is 14.8. The molecule has 6 nitrogen and oxygen atoms in total. The highest BCUT2D eigenvalue weighted by atomic mass is 19.4. The van der Waals surface area contributed by atoms with Gasteiger partial charge in [0.15, 0.2) is 11.5 Å². The van der Waals surface area contributed by atoms with Crippen LogP contribution in [0, 0.1) is 0 Å². The van der Waals surface area contributed by atoms with Crippen molar-refractivity contribution in [2.24, 2.45) is 0 Å². The second-order valence-electron chi connectivity index (χ2n) is 6.72. The maximum absolute atomic E-state index is 12.8. The van der Waals surface area contributed by atoms with E-state index in [-0.39, 0.29) is 12.2 Å². The van der Waals surface area contributed by atoms with Gasteiger partial charge in [0.2, 0.25) is 0 Å². The van der Waals surface area contributed by atoms with Crippen molar-refractivity contribution in [1.29, 1.82) is 0 Å². The molecule has 2 unspecified atom stereocenters. The molecule has 1 aromatic carbocycles. The molecule has 3 aromatic rings. The molecule has 0 aliphatic carbocycles. The summed E-state index contributed by atoms with van der Waals surface area (Å²) in [6.45, 7) is 5.43. The maximum Gasteiger partial charge on any atom is 0.416 e. The Labute approximate surface area is 153 Å². The highest BCUT2D eigenvalue weighted by Crippen LogP contribution is 2.30. The summed E-state index contributed by atoms with van der Waals surface area (Å²) < 4.78 is 45.6. The summed E-state index contributed by atoms with van der Waals surface area (Å²) in [4.78, 5) is 2.12. The van der Waals surface area contributed by atoms with Gasteiger partial charge in [-0.2, -0.15) is 17.7 Å². The molecule has 0 saturated carbocycles. The summed E-state index contributed by atoms with van der Waals surface area (Å²) in [6, 6.07) is 8.50. The Bertz CT molecular complexity index is 944. The van der Waals surface area contributed by atoms with Crippen LogP contribution in [0.5, 0.6) is 0 Å². The SMILES string of the molecule is CC1CN(c2ccc3nnc(-c4ccc(C(F)(F)F)cc4)n3n2)CC(C)O1. The van der Waals surface area contributed by atoms with E-state index in [4.69, 9.17) is 4.74 Å². The first kappa shape index (κ1) is 17.7. The number of anilines is 1. The molecule has 9 heteroatoms. The molecule has 3 heterocycles. The number of alkyl halides is 3. The lowest BCUT2D eigenvalue weighted by Crippen LogP contribution is -2.46. The molecule has 0 radical (unpaired) electrons. The van der Waals surface area contributed by atoms with E-state index in [1.165, 1.54) is 12.1 Å². The monoisotopic (exact) mass is 377 g/mol. The molecule has 1 fully saturated rings. The fourth-order valence-corrected chi connectivity index (χ4v) is 3.30. The third kappa shape index (κ3) is 3.46. The van der Waals surface area contributed by atoms with Gasteiger partial charge in [-0.05, 0) is 38.1 Å². The molecule has 4 rings (SSSR count). The van der Waals surface area contributed by atoms with Gasteiger partial charge in [0, 0.05) is 18.7 Å². The molecule has 1 aliphatic rings. The number of fused-ring (bicyclic) bond motifs is 1. The standard InChI is InChI=1S/C18H18F3N5O/c1-11-9-25(10-12(2)27-11)16-8-7-15-22-23-17(26(15)24-16)13-3-5-14(6-4-13)18(19,20)21/h3-8,11-12H,9-10H2,1-2H3. The first-order valence-electron chi connectivity index (χ1n) is 8.62. The fourth-order valence-electron chi connectivity index (χ4n) is 3.30. The van der Waals surface area contributed by atoms with Crippen LogP contribution in [0.1, 0.15) is 19.4 Å². The van der Waals surface area contributed by atoms with E-state index < -0.39 is 11.7 Å². The number of ether oxygens (including phenoxy) is 1. The highest BCUT2D eigenvalue weighted by Gasteiger charge is 2.30. The topological polar surface area (TPSA) is 55.6 Å². The van der Waals surface area contributed by atoms with Crippen LogP contribution in [-0.4, -0.2) is 45.1 Å². The van der Waals surface area contributed by atoms with E-state index in [0.717, 1.165) is 18.0 Å². The molecule has 0 bridgehead atoms. The normalized spacial score (nSPS) is 21.0. The lowest BCUT2D eigenvalue weighted by molar-refractivity contribution is -0.137. The van der Waals surface area contributed by atoms with Crippen LogP contribution >= 0.6 is 0 Å². The highest BCUT2D eigenvalue weighted by molar-refractivity contribution is 5.60. The van der Waals surface area contributed by atoms with E-state index >= 15 is 0 Å². The van der Waals surface area contributed by atoms with Crippen LogP contribution in [0.4, 0.5) is 19.0 Å². The summed E-state index contributed by atoms with van der Waals surface area (Å²) in [5.41, 5.74) is 0.344. The molecule has 1 saturated heterocycles. The molecule has 27 heavy (non-hydrogen) atoms. The van der Waals surface area contributed by atoms with Gasteiger partial charge in [0.25, 0.3) is 0 Å². The molecule has 2 atom stereocenters. The summed E-state index contributed by atoms with van der Waals surface area (Å²) in [7, 11) is 0. The van der Waals surface area contributed by atoms with E-state index in [2.05, 4.69) is 20.2 Å². The Morgan fingerprint density at radius 2 is 1.63 bits per heavy atom. The summed E-state index contributed by atoms with van der Waals surface area (Å²) in [5.74, 6) is 1.15. The van der Waals surface area contributed by atoms with Gasteiger partial charge in [0.05, 0.1) is 17.8 Å². The molecule has 0 spiro atoms. The third-order valence-electron chi connectivity index (χ3n) is 4.46. The van der Waals surface area contributed by atoms with Crippen molar-refractivity contribution in [3.05, 3.63) is 42.0 Å². The van der Waals surface area contributed by atoms with Crippen molar-refractivity contribution in [3.8, 4) is 11.4 Å². The van der Waals surface area contributed by atoms with E-state index in [0.29, 0.717) is 30.1 Å². The van der Waals surface area contributed by atoms with Crippen LogP contribution in [-0.2, 0) is 10.9 Å². The predicted molar refractivity (Wildman–Crippen MR) is 93.4 cm³/mol. The number of aromatic nitrogens is 4. The van der Waals surface area contributed by atoms with Gasteiger partial charge in [-0.15, -0.1) is 15.3 Å². The Morgan fingerprint density at radius 3 is 2.26 bits per heavy atom. The van der Waals surface area contributed by atoms with Crippen molar-refractivity contribution >= 4 is 11.5 Å². The predicted octanol–water partition coefficient (Wildman–Crippen LogP) is 3.42. The Hall–Kier alpha value is -2.68. The fraction of sp³-hybridized carbons (Fsp3) is 0.389. The van der Waals surface area contributed by atoms with Gasteiger partial charge >= 0.3 is 6.18 Å². The van der Waals surface area contributed by atoms with Crippen molar-refractivity contribution in [2.45, 2.75) is 32.2 Å².